The minimum absolute atomic E-state index is 0.0477. The van der Waals surface area contributed by atoms with E-state index in [2.05, 4.69) is 9.71 Å². The molecule has 25 heavy (non-hydrogen) atoms. The lowest BCUT2D eigenvalue weighted by Crippen LogP contribution is -2.48. The Morgan fingerprint density at radius 3 is 2.72 bits per heavy atom. The number of aromatic nitrogens is 2. The van der Waals surface area contributed by atoms with Gasteiger partial charge in [0.25, 0.3) is 0 Å². The molecule has 2 aromatic heterocycles. The number of carbonyl (C=O) groups is 1. The minimum Gasteiger partial charge on any atom is -0.341 e. The Morgan fingerprint density at radius 2 is 2.04 bits per heavy atom. The summed E-state index contributed by atoms with van der Waals surface area (Å²) in [5, 5.41) is 0.618. The maximum atomic E-state index is 12.6. The third-order valence-corrected chi connectivity index (χ3v) is 6.58. The Balaban J connectivity index is 1.57. The van der Waals surface area contributed by atoms with Gasteiger partial charge < -0.3 is 9.47 Å². The number of likely N-dealkylation sites (tertiary alicyclic amines) is 1. The highest BCUT2D eigenvalue weighted by atomic mass is 32.2. The van der Waals surface area contributed by atoms with Crippen LogP contribution < -0.4 is 4.72 Å². The van der Waals surface area contributed by atoms with Crippen LogP contribution in [0.4, 0.5) is 0 Å². The lowest BCUT2D eigenvalue weighted by atomic mass is 10.1. The molecule has 0 bridgehead atoms. The normalized spacial score (nSPS) is 16.7. The predicted octanol–water partition coefficient (Wildman–Crippen LogP) is 1.36. The highest BCUT2D eigenvalue weighted by Gasteiger charge is 2.27. The summed E-state index contributed by atoms with van der Waals surface area (Å²) in [5.74, 6) is 0.0477. The summed E-state index contributed by atoms with van der Waals surface area (Å²) in [6.45, 7) is 4.75. The van der Waals surface area contributed by atoms with Crippen LogP contribution in [0.25, 0.3) is 10.9 Å². The Labute approximate surface area is 148 Å². The molecule has 2 aromatic rings. The number of rotatable bonds is 5. The molecule has 1 aliphatic rings. The van der Waals surface area contributed by atoms with Gasteiger partial charge in [0.15, 0.2) is 0 Å². The molecule has 0 atom stereocenters. The highest BCUT2D eigenvalue weighted by molar-refractivity contribution is 7.90. The second-order valence-electron chi connectivity index (χ2n) is 6.74. The van der Waals surface area contributed by atoms with E-state index in [1.54, 1.807) is 26.2 Å². The number of pyridine rings is 1. The standard InChI is InChI=1S/C17H24N4O3S/c1-13(2)25(23,24)19-15-5-9-20(10-6-15)17(22)12-21-8-4-14-3-7-18-11-16(14)21/h3-4,7-8,11,13,15,19H,5-6,9-10,12H2,1-2H3. The zero-order valence-corrected chi connectivity index (χ0v) is 15.4. The van der Waals surface area contributed by atoms with Crippen LogP contribution in [0.15, 0.2) is 30.7 Å². The van der Waals surface area contributed by atoms with Crippen LogP contribution in [-0.2, 0) is 21.4 Å². The van der Waals surface area contributed by atoms with E-state index >= 15 is 0 Å². The zero-order valence-electron chi connectivity index (χ0n) is 14.6. The van der Waals surface area contributed by atoms with Gasteiger partial charge in [-0.25, -0.2) is 13.1 Å². The van der Waals surface area contributed by atoms with Crippen molar-refractivity contribution in [1.29, 1.82) is 0 Å². The number of fused-ring (bicyclic) bond motifs is 1. The predicted molar refractivity (Wildman–Crippen MR) is 96.5 cm³/mol. The smallest absolute Gasteiger partial charge is 0.242 e. The number of hydrogen-bond acceptors (Lipinski definition) is 4. The molecular weight excluding hydrogens is 340 g/mol. The summed E-state index contributed by atoms with van der Waals surface area (Å²) in [6.07, 6.45) is 6.68. The lowest BCUT2D eigenvalue weighted by Gasteiger charge is -2.32. The molecule has 0 saturated carbocycles. The number of nitrogens with zero attached hydrogens (tertiary/aromatic N) is 3. The van der Waals surface area contributed by atoms with Crippen LogP contribution in [0.3, 0.4) is 0 Å². The molecule has 136 valence electrons. The summed E-state index contributed by atoms with van der Waals surface area (Å²) in [5.41, 5.74) is 0.940. The van der Waals surface area contributed by atoms with E-state index in [1.807, 2.05) is 27.8 Å². The number of sulfonamides is 1. The first-order chi connectivity index (χ1) is 11.9. The lowest BCUT2D eigenvalue weighted by molar-refractivity contribution is -0.132. The van der Waals surface area contributed by atoms with Crippen molar-refractivity contribution >= 4 is 26.8 Å². The molecule has 1 N–H and O–H groups in total. The summed E-state index contributed by atoms with van der Waals surface area (Å²) >= 11 is 0. The van der Waals surface area contributed by atoms with Gasteiger partial charge in [-0.2, -0.15) is 0 Å². The van der Waals surface area contributed by atoms with Crippen molar-refractivity contribution in [2.45, 2.75) is 44.5 Å². The van der Waals surface area contributed by atoms with E-state index in [0.717, 1.165) is 10.9 Å². The SMILES string of the molecule is CC(C)S(=O)(=O)NC1CCN(C(=O)Cn2ccc3ccncc32)CC1. The van der Waals surface area contributed by atoms with E-state index < -0.39 is 15.3 Å². The van der Waals surface area contributed by atoms with Crippen LogP contribution >= 0.6 is 0 Å². The first-order valence-electron chi connectivity index (χ1n) is 8.54. The van der Waals surface area contributed by atoms with Crippen molar-refractivity contribution < 1.29 is 13.2 Å². The highest BCUT2D eigenvalue weighted by Crippen LogP contribution is 2.16. The summed E-state index contributed by atoms with van der Waals surface area (Å²) in [6, 6.07) is 3.80. The fraction of sp³-hybridized carbons (Fsp3) is 0.529. The maximum Gasteiger partial charge on any atom is 0.242 e. The van der Waals surface area contributed by atoms with Gasteiger partial charge in [-0.05, 0) is 38.8 Å². The second kappa shape index (κ2) is 7.13. The van der Waals surface area contributed by atoms with Crippen LogP contribution in [0, 0.1) is 0 Å². The number of carbonyl (C=O) groups excluding carboxylic acids is 1. The van der Waals surface area contributed by atoms with Gasteiger partial charge in [0, 0.05) is 36.9 Å². The maximum absolute atomic E-state index is 12.6. The van der Waals surface area contributed by atoms with E-state index in [4.69, 9.17) is 0 Å². The number of amides is 1. The largest absolute Gasteiger partial charge is 0.341 e. The van der Waals surface area contributed by atoms with Crippen molar-refractivity contribution in [3.05, 3.63) is 30.7 Å². The average molecular weight is 364 g/mol. The summed E-state index contributed by atoms with van der Waals surface area (Å²) in [7, 11) is -3.27. The number of nitrogens with one attached hydrogen (secondary N) is 1. The van der Waals surface area contributed by atoms with Gasteiger partial charge in [0.2, 0.25) is 15.9 Å². The van der Waals surface area contributed by atoms with Gasteiger partial charge in [0.1, 0.15) is 6.54 Å². The molecule has 0 radical (unpaired) electrons. The summed E-state index contributed by atoms with van der Waals surface area (Å²) < 4.78 is 28.5. The van der Waals surface area contributed by atoms with Crippen molar-refractivity contribution in [2.24, 2.45) is 0 Å². The monoisotopic (exact) mass is 364 g/mol. The zero-order chi connectivity index (χ0) is 18.0. The van der Waals surface area contributed by atoms with E-state index in [9.17, 15) is 13.2 Å². The first kappa shape index (κ1) is 17.9. The summed E-state index contributed by atoms with van der Waals surface area (Å²) in [4.78, 5) is 18.5. The van der Waals surface area contributed by atoms with Crippen molar-refractivity contribution in [2.75, 3.05) is 13.1 Å². The van der Waals surface area contributed by atoms with E-state index in [-0.39, 0.29) is 18.5 Å². The molecule has 3 rings (SSSR count). The second-order valence-corrected chi connectivity index (χ2v) is 9.01. The molecule has 7 nitrogen and oxygen atoms in total. The molecule has 8 heteroatoms. The van der Waals surface area contributed by atoms with Crippen LogP contribution in [0.2, 0.25) is 0 Å². The van der Waals surface area contributed by atoms with Crippen molar-refractivity contribution in [3.63, 3.8) is 0 Å². The third-order valence-electron chi connectivity index (χ3n) is 4.68. The van der Waals surface area contributed by atoms with Crippen molar-refractivity contribution in [1.82, 2.24) is 19.2 Å². The van der Waals surface area contributed by atoms with Gasteiger partial charge in [-0.15, -0.1) is 0 Å². The van der Waals surface area contributed by atoms with Gasteiger partial charge in [-0.3, -0.25) is 9.78 Å². The van der Waals surface area contributed by atoms with E-state index in [1.165, 1.54) is 0 Å². The van der Waals surface area contributed by atoms with Crippen molar-refractivity contribution in [3.8, 4) is 0 Å². The molecule has 0 unspecified atom stereocenters. The molecule has 0 aliphatic carbocycles. The fourth-order valence-corrected chi connectivity index (χ4v) is 4.00. The van der Waals surface area contributed by atoms with E-state index in [0.29, 0.717) is 25.9 Å². The molecule has 1 amide bonds. The molecule has 3 heterocycles. The van der Waals surface area contributed by atoms with Gasteiger partial charge in [0.05, 0.1) is 17.0 Å². The Kier molecular flexibility index (Phi) is 5.10. The number of piperidine rings is 1. The third kappa shape index (κ3) is 4.01. The topological polar surface area (TPSA) is 84.3 Å². The first-order valence-corrected chi connectivity index (χ1v) is 10.1. The molecule has 1 fully saturated rings. The van der Waals surface area contributed by atoms with Crippen LogP contribution in [0.5, 0.6) is 0 Å². The van der Waals surface area contributed by atoms with Gasteiger partial charge in [-0.1, -0.05) is 0 Å². The minimum atomic E-state index is -3.27. The Bertz CT molecular complexity index is 852. The molecule has 0 aromatic carbocycles. The molecule has 1 saturated heterocycles. The molecule has 0 spiro atoms. The van der Waals surface area contributed by atoms with Gasteiger partial charge >= 0.3 is 0 Å². The number of hydrogen-bond donors (Lipinski definition) is 1. The Morgan fingerprint density at radius 1 is 1.32 bits per heavy atom. The van der Waals surface area contributed by atoms with Crippen LogP contribution in [0.1, 0.15) is 26.7 Å². The molecule has 1 aliphatic heterocycles. The Hall–Kier alpha value is -1.93. The molecular formula is C17H24N4O3S. The van der Waals surface area contributed by atoms with Crippen LogP contribution in [-0.4, -0.2) is 53.2 Å². The average Bonchev–Trinajstić information content (AvgIpc) is 2.98. The fourth-order valence-electron chi connectivity index (χ4n) is 3.03. The quantitative estimate of drug-likeness (QED) is 0.868.